The van der Waals surface area contributed by atoms with Crippen LogP contribution >= 0.6 is 0 Å². The summed E-state index contributed by atoms with van der Waals surface area (Å²) < 4.78 is 49.8. The third-order valence-electron chi connectivity index (χ3n) is 5.87. The normalized spacial score (nSPS) is 12.4. The van der Waals surface area contributed by atoms with Gasteiger partial charge in [0.1, 0.15) is 11.6 Å². The predicted molar refractivity (Wildman–Crippen MR) is 139 cm³/mol. The molecule has 0 fully saturated rings. The summed E-state index contributed by atoms with van der Waals surface area (Å²) >= 11 is 0. The molecule has 0 aliphatic rings. The highest BCUT2D eigenvalue weighted by molar-refractivity contribution is 5.71. The van der Waals surface area contributed by atoms with Gasteiger partial charge in [0.05, 0.1) is 26.8 Å². The van der Waals surface area contributed by atoms with Gasteiger partial charge in [-0.05, 0) is 43.9 Å². The predicted octanol–water partition coefficient (Wildman–Crippen LogP) is 3.86. The van der Waals surface area contributed by atoms with Crippen molar-refractivity contribution in [1.82, 2.24) is 14.9 Å². The Kier molecular flexibility index (Phi) is 12.0. The molecule has 0 saturated carbocycles. The number of benzene rings is 1. The average molecular weight is 542 g/mol. The second-order valence-corrected chi connectivity index (χ2v) is 9.02. The Morgan fingerprint density at radius 3 is 2.58 bits per heavy atom. The van der Waals surface area contributed by atoms with Crippen molar-refractivity contribution in [1.29, 1.82) is 0 Å². The van der Waals surface area contributed by atoms with Crippen molar-refractivity contribution in [2.75, 3.05) is 44.5 Å². The van der Waals surface area contributed by atoms with Crippen molar-refractivity contribution >= 4 is 17.7 Å². The zero-order valence-corrected chi connectivity index (χ0v) is 22.4. The molecule has 0 saturated heterocycles. The van der Waals surface area contributed by atoms with Crippen LogP contribution < -0.4 is 15.8 Å². The number of aryl methyl sites for hydroxylation is 1. The topological polar surface area (TPSA) is 123 Å². The molecule has 0 aliphatic carbocycles. The minimum absolute atomic E-state index is 0.000681. The monoisotopic (exact) mass is 541 g/mol. The van der Waals surface area contributed by atoms with E-state index in [9.17, 15) is 23.1 Å². The number of carbonyl (C=O) groups excluding carboxylic acids is 1. The van der Waals surface area contributed by atoms with Crippen LogP contribution in [0.1, 0.15) is 55.5 Å². The summed E-state index contributed by atoms with van der Waals surface area (Å²) in [6.07, 6.45) is -1.79. The number of nitrogens with zero attached hydrogens (tertiary/aromatic N) is 3. The first-order chi connectivity index (χ1) is 18.0. The Morgan fingerprint density at radius 1 is 1.24 bits per heavy atom. The lowest BCUT2D eigenvalue weighted by atomic mass is 10.0. The van der Waals surface area contributed by atoms with Gasteiger partial charge in [-0.2, -0.15) is 18.2 Å². The Hall–Kier alpha value is -3.12. The SMILES string of the molecule is CCCC(CCO)Nc1nc(N)nc(C)c1Cc1ccc(CN(CC(=O)OCC)CC(F)(F)F)cc1OC. The molecule has 12 heteroatoms. The number of carbonyl (C=O) groups is 1. The fourth-order valence-electron chi connectivity index (χ4n) is 4.23. The van der Waals surface area contributed by atoms with Crippen molar-refractivity contribution in [3.63, 3.8) is 0 Å². The highest BCUT2D eigenvalue weighted by Crippen LogP contribution is 2.29. The molecule has 0 radical (unpaired) electrons. The first-order valence-corrected chi connectivity index (χ1v) is 12.6. The van der Waals surface area contributed by atoms with Crippen LogP contribution in [0.15, 0.2) is 18.2 Å². The molecule has 0 spiro atoms. The number of nitrogens with two attached hydrogens (primary N) is 1. The number of methoxy groups -OCH3 is 1. The van der Waals surface area contributed by atoms with E-state index < -0.39 is 25.2 Å². The Balaban J connectivity index is 2.33. The van der Waals surface area contributed by atoms with Gasteiger partial charge < -0.3 is 25.6 Å². The summed E-state index contributed by atoms with van der Waals surface area (Å²) in [5.74, 6) is 0.454. The van der Waals surface area contributed by atoms with Crippen molar-refractivity contribution < 1.29 is 32.5 Å². The highest BCUT2D eigenvalue weighted by atomic mass is 19.4. The van der Waals surface area contributed by atoms with Gasteiger partial charge in [-0.1, -0.05) is 25.5 Å². The van der Waals surface area contributed by atoms with Crippen LogP contribution in [0.2, 0.25) is 0 Å². The molecule has 2 rings (SSSR count). The first kappa shape index (κ1) is 31.1. The number of hydrogen-bond acceptors (Lipinski definition) is 9. The maximum atomic E-state index is 13.1. The van der Waals surface area contributed by atoms with Gasteiger partial charge in [-0.25, -0.2) is 4.98 Å². The summed E-state index contributed by atoms with van der Waals surface area (Å²) in [6, 6.07) is 5.15. The van der Waals surface area contributed by atoms with Crippen LogP contribution in [-0.4, -0.2) is 71.6 Å². The lowest BCUT2D eigenvalue weighted by Gasteiger charge is -2.23. The molecule has 1 atom stereocenters. The lowest BCUT2D eigenvalue weighted by Crippen LogP contribution is -2.38. The van der Waals surface area contributed by atoms with Crippen LogP contribution in [0.3, 0.4) is 0 Å². The van der Waals surface area contributed by atoms with Crippen LogP contribution in [0, 0.1) is 6.92 Å². The zero-order chi connectivity index (χ0) is 28.3. The quantitative estimate of drug-likeness (QED) is 0.289. The molecule has 212 valence electrons. The number of ether oxygens (including phenoxy) is 2. The molecule has 4 N–H and O–H groups in total. The summed E-state index contributed by atoms with van der Waals surface area (Å²) in [6.45, 7) is 3.74. The second-order valence-electron chi connectivity index (χ2n) is 9.02. The maximum Gasteiger partial charge on any atom is 0.401 e. The summed E-state index contributed by atoms with van der Waals surface area (Å²) in [7, 11) is 1.48. The van der Waals surface area contributed by atoms with E-state index >= 15 is 0 Å². The molecule has 0 aliphatic heterocycles. The van der Waals surface area contributed by atoms with Crippen molar-refractivity contribution in [3.8, 4) is 5.75 Å². The Morgan fingerprint density at radius 2 is 1.97 bits per heavy atom. The number of nitrogens with one attached hydrogen (secondary N) is 1. The number of anilines is 2. The number of rotatable bonds is 15. The van der Waals surface area contributed by atoms with E-state index in [0.717, 1.165) is 28.9 Å². The van der Waals surface area contributed by atoms with E-state index in [4.69, 9.17) is 15.2 Å². The fraction of sp³-hybridized carbons (Fsp3) is 0.577. The van der Waals surface area contributed by atoms with E-state index in [0.29, 0.717) is 35.7 Å². The standard InChI is InChI=1S/C26H38F3N5O4/c1-5-7-20(10-11-35)32-24-21(17(3)31-25(30)33-24)13-19-9-8-18(12-22(19)37-4)14-34(16-26(27,28)29)15-23(36)38-6-2/h8-9,12,20,35H,5-7,10-11,13-16H2,1-4H3,(H3,30,31,32,33). The Labute approximate surface area is 221 Å². The fourth-order valence-corrected chi connectivity index (χ4v) is 4.23. The summed E-state index contributed by atoms with van der Waals surface area (Å²) in [5.41, 5.74) is 8.71. The number of aliphatic hydroxyl groups is 1. The molecule has 1 aromatic heterocycles. The summed E-state index contributed by atoms with van der Waals surface area (Å²) in [5, 5.41) is 12.8. The van der Waals surface area contributed by atoms with Crippen LogP contribution in [0.5, 0.6) is 5.75 Å². The van der Waals surface area contributed by atoms with Gasteiger partial charge in [0.25, 0.3) is 0 Å². The van der Waals surface area contributed by atoms with Gasteiger partial charge in [0.2, 0.25) is 5.95 Å². The Bertz CT molecular complexity index is 1050. The van der Waals surface area contributed by atoms with Crippen molar-refractivity contribution in [3.05, 3.63) is 40.6 Å². The molecule has 1 heterocycles. The molecule has 0 amide bonds. The number of nitrogen functional groups attached to an aromatic ring is 1. The molecule has 9 nitrogen and oxygen atoms in total. The van der Waals surface area contributed by atoms with Crippen molar-refractivity contribution in [2.24, 2.45) is 0 Å². The highest BCUT2D eigenvalue weighted by Gasteiger charge is 2.32. The molecular formula is C26H38F3N5O4. The van der Waals surface area contributed by atoms with E-state index in [1.165, 1.54) is 7.11 Å². The molecule has 38 heavy (non-hydrogen) atoms. The maximum absolute atomic E-state index is 13.1. The molecular weight excluding hydrogens is 503 g/mol. The first-order valence-electron chi connectivity index (χ1n) is 12.6. The number of aromatic nitrogens is 2. The second kappa shape index (κ2) is 14.7. The van der Waals surface area contributed by atoms with Gasteiger partial charge in [0.15, 0.2) is 0 Å². The molecule has 2 aromatic rings. The van der Waals surface area contributed by atoms with Gasteiger partial charge in [-0.15, -0.1) is 0 Å². The van der Waals surface area contributed by atoms with Crippen LogP contribution in [0.25, 0.3) is 0 Å². The number of halogens is 3. The largest absolute Gasteiger partial charge is 0.496 e. The molecule has 1 aromatic carbocycles. The van der Waals surface area contributed by atoms with Gasteiger partial charge in [-0.3, -0.25) is 9.69 Å². The van der Waals surface area contributed by atoms with E-state index in [-0.39, 0.29) is 31.7 Å². The van der Waals surface area contributed by atoms with Gasteiger partial charge in [0, 0.05) is 36.9 Å². The molecule has 0 bridgehead atoms. The van der Waals surface area contributed by atoms with Crippen molar-refractivity contribution in [2.45, 2.75) is 65.2 Å². The van der Waals surface area contributed by atoms with Crippen LogP contribution in [-0.2, 0) is 22.5 Å². The lowest BCUT2D eigenvalue weighted by molar-refractivity contribution is -0.157. The smallest absolute Gasteiger partial charge is 0.401 e. The molecule has 1 unspecified atom stereocenters. The third kappa shape index (κ3) is 9.97. The number of aliphatic hydroxyl groups excluding tert-OH is 1. The summed E-state index contributed by atoms with van der Waals surface area (Å²) in [4.78, 5) is 21.5. The average Bonchev–Trinajstić information content (AvgIpc) is 2.81. The zero-order valence-electron chi connectivity index (χ0n) is 22.4. The van der Waals surface area contributed by atoms with E-state index in [2.05, 4.69) is 22.2 Å². The minimum Gasteiger partial charge on any atom is -0.496 e. The number of alkyl halides is 3. The van der Waals surface area contributed by atoms with E-state index in [1.54, 1.807) is 25.1 Å². The van der Waals surface area contributed by atoms with Gasteiger partial charge >= 0.3 is 12.1 Å². The van der Waals surface area contributed by atoms with Crippen LogP contribution in [0.4, 0.5) is 24.9 Å². The van der Waals surface area contributed by atoms with E-state index in [1.807, 2.05) is 6.92 Å². The third-order valence-corrected chi connectivity index (χ3v) is 5.87. The number of esters is 1. The minimum atomic E-state index is -4.47. The number of hydrogen-bond donors (Lipinski definition) is 3.